The average molecular weight is 463 g/mol. The van der Waals surface area contributed by atoms with E-state index in [2.05, 4.69) is 33.1 Å². The highest BCUT2D eigenvalue weighted by Gasteiger charge is 2.11. The zero-order valence-electron chi connectivity index (χ0n) is 15.9. The Morgan fingerprint density at radius 3 is 2.68 bits per heavy atom. The van der Waals surface area contributed by atoms with E-state index in [1.165, 1.54) is 0 Å². The molecule has 0 radical (unpaired) electrons. The fourth-order valence-electron chi connectivity index (χ4n) is 2.18. The van der Waals surface area contributed by atoms with Crippen LogP contribution in [0.5, 0.6) is 11.5 Å². The molecule has 0 atom stereocenters. The van der Waals surface area contributed by atoms with E-state index in [1.807, 2.05) is 32.0 Å². The van der Waals surface area contributed by atoms with Crippen molar-refractivity contribution in [1.82, 2.24) is 5.32 Å². The molecule has 0 heterocycles. The predicted molar refractivity (Wildman–Crippen MR) is 120 cm³/mol. The summed E-state index contributed by atoms with van der Waals surface area (Å²) in [7, 11) is 0. The summed E-state index contributed by atoms with van der Waals surface area (Å²) in [5, 5.41) is 5.85. The van der Waals surface area contributed by atoms with Crippen LogP contribution in [0, 0.1) is 0 Å². The number of anilines is 1. The van der Waals surface area contributed by atoms with Crippen molar-refractivity contribution >= 4 is 44.9 Å². The van der Waals surface area contributed by atoms with Gasteiger partial charge in [0, 0.05) is 17.3 Å². The quantitative estimate of drug-likeness (QED) is 0.410. The van der Waals surface area contributed by atoms with Crippen molar-refractivity contribution in [1.29, 1.82) is 0 Å². The van der Waals surface area contributed by atoms with Gasteiger partial charge in [0.05, 0.1) is 11.1 Å². The summed E-state index contributed by atoms with van der Waals surface area (Å²) >= 11 is 8.67. The van der Waals surface area contributed by atoms with Crippen LogP contribution in [0.25, 0.3) is 0 Å². The third kappa shape index (κ3) is 6.98. The van der Waals surface area contributed by atoms with E-state index < -0.39 is 0 Å². The second-order valence-corrected chi connectivity index (χ2v) is 7.44. The zero-order chi connectivity index (χ0) is 20.5. The van der Waals surface area contributed by atoms with Gasteiger partial charge in [-0.1, -0.05) is 19.6 Å². The van der Waals surface area contributed by atoms with Gasteiger partial charge in [0.2, 0.25) is 0 Å². The Morgan fingerprint density at radius 2 is 2.00 bits per heavy atom. The molecule has 2 rings (SSSR count). The van der Waals surface area contributed by atoms with Gasteiger partial charge in [-0.2, -0.15) is 0 Å². The summed E-state index contributed by atoms with van der Waals surface area (Å²) in [6.45, 7) is 8.80. The molecule has 0 aliphatic heterocycles. The number of hydrogen-bond acceptors (Lipinski definition) is 4. The number of hydrogen-bond donors (Lipinski definition) is 2. The van der Waals surface area contributed by atoms with Gasteiger partial charge in [0.1, 0.15) is 18.1 Å². The van der Waals surface area contributed by atoms with Crippen molar-refractivity contribution in [2.24, 2.45) is 0 Å². The second-order valence-electron chi connectivity index (χ2n) is 6.18. The Bertz CT molecular complexity index is 870. The first-order chi connectivity index (χ1) is 13.4. The molecule has 0 spiro atoms. The van der Waals surface area contributed by atoms with Crippen LogP contribution in [0.1, 0.15) is 30.6 Å². The maximum atomic E-state index is 12.4. The largest absolute Gasteiger partial charge is 0.492 e. The van der Waals surface area contributed by atoms with Gasteiger partial charge in [-0.15, -0.1) is 0 Å². The normalized spacial score (nSPS) is 10.1. The number of amides is 1. The van der Waals surface area contributed by atoms with Crippen molar-refractivity contribution < 1.29 is 14.3 Å². The molecule has 148 valence electrons. The standard InChI is InChI=1S/C21H23BrN2O3S/c1-4-10-26-19-9-8-15(11-18(19)22)20(25)24-21(28)23-16-6-5-7-17(12-16)27-13-14(2)3/h5-9,11-12H,2,4,10,13H2,1,3H3,(H2,23,24,25,28). The van der Waals surface area contributed by atoms with Crippen LogP contribution in [-0.2, 0) is 0 Å². The van der Waals surface area contributed by atoms with E-state index in [9.17, 15) is 4.79 Å². The Hall–Kier alpha value is -2.38. The molecule has 5 nitrogen and oxygen atoms in total. The van der Waals surface area contributed by atoms with Crippen LogP contribution in [0.3, 0.4) is 0 Å². The molecule has 2 aromatic rings. The number of carbonyl (C=O) groups excluding carboxylic acids is 1. The summed E-state index contributed by atoms with van der Waals surface area (Å²) in [4.78, 5) is 12.4. The summed E-state index contributed by atoms with van der Waals surface area (Å²) in [5.74, 6) is 1.08. The molecular weight excluding hydrogens is 440 g/mol. The Labute approximate surface area is 179 Å². The van der Waals surface area contributed by atoms with Gasteiger partial charge in [-0.05, 0) is 77.4 Å². The minimum atomic E-state index is -0.310. The van der Waals surface area contributed by atoms with Crippen molar-refractivity contribution in [2.75, 3.05) is 18.5 Å². The lowest BCUT2D eigenvalue weighted by atomic mass is 10.2. The molecule has 0 unspecified atom stereocenters. The third-order valence-corrected chi connectivity index (χ3v) is 4.28. The fourth-order valence-corrected chi connectivity index (χ4v) is 2.88. The molecule has 28 heavy (non-hydrogen) atoms. The molecule has 0 aliphatic rings. The molecular formula is C21H23BrN2O3S. The fraction of sp³-hybridized carbons (Fsp3) is 0.238. The maximum Gasteiger partial charge on any atom is 0.257 e. The van der Waals surface area contributed by atoms with Crippen molar-refractivity contribution in [3.63, 3.8) is 0 Å². The van der Waals surface area contributed by atoms with Crippen molar-refractivity contribution in [3.05, 3.63) is 64.7 Å². The van der Waals surface area contributed by atoms with E-state index in [0.717, 1.165) is 16.5 Å². The molecule has 0 fully saturated rings. The number of rotatable bonds is 8. The van der Waals surface area contributed by atoms with Crippen LogP contribution in [0.15, 0.2) is 59.1 Å². The molecule has 2 N–H and O–H groups in total. The predicted octanol–water partition coefficient (Wildman–Crippen LogP) is 5.32. The van der Waals surface area contributed by atoms with E-state index in [1.54, 1.807) is 24.3 Å². The lowest BCUT2D eigenvalue weighted by molar-refractivity contribution is 0.0977. The summed E-state index contributed by atoms with van der Waals surface area (Å²) in [5.41, 5.74) is 2.12. The molecule has 1 amide bonds. The second kappa shape index (κ2) is 10.8. The van der Waals surface area contributed by atoms with Crippen LogP contribution >= 0.6 is 28.1 Å². The number of halogens is 1. The highest BCUT2D eigenvalue weighted by atomic mass is 79.9. The van der Waals surface area contributed by atoms with E-state index >= 15 is 0 Å². The molecule has 0 saturated heterocycles. The highest BCUT2D eigenvalue weighted by Crippen LogP contribution is 2.26. The zero-order valence-corrected chi connectivity index (χ0v) is 18.3. The van der Waals surface area contributed by atoms with E-state index in [0.29, 0.717) is 36.0 Å². The number of ether oxygens (including phenoxy) is 2. The van der Waals surface area contributed by atoms with Crippen molar-refractivity contribution in [2.45, 2.75) is 20.3 Å². The van der Waals surface area contributed by atoms with Gasteiger partial charge in [-0.3, -0.25) is 10.1 Å². The SMILES string of the molecule is C=C(C)COc1cccc(NC(=S)NC(=O)c2ccc(OCCC)c(Br)c2)c1. The first kappa shape index (κ1) is 21.9. The number of nitrogens with one attached hydrogen (secondary N) is 2. The van der Waals surface area contributed by atoms with Gasteiger partial charge in [0.15, 0.2) is 5.11 Å². The van der Waals surface area contributed by atoms with Gasteiger partial charge >= 0.3 is 0 Å². The minimum Gasteiger partial charge on any atom is -0.492 e. The maximum absolute atomic E-state index is 12.4. The van der Waals surface area contributed by atoms with Crippen LogP contribution in [0.4, 0.5) is 5.69 Å². The lowest BCUT2D eigenvalue weighted by Gasteiger charge is -2.12. The van der Waals surface area contributed by atoms with Crippen LogP contribution in [0.2, 0.25) is 0 Å². The lowest BCUT2D eigenvalue weighted by Crippen LogP contribution is -2.34. The summed E-state index contributed by atoms with van der Waals surface area (Å²) in [6.07, 6.45) is 0.911. The number of thiocarbonyl (C=S) groups is 1. The smallest absolute Gasteiger partial charge is 0.257 e. The molecule has 2 aromatic carbocycles. The highest BCUT2D eigenvalue weighted by molar-refractivity contribution is 9.10. The molecule has 0 aliphatic carbocycles. The topological polar surface area (TPSA) is 59.6 Å². The Balaban J connectivity index is 1.95. The minimum absolute atomic E-state index is 0.199. The van der Waals surface area contributed by atoms with Crippen LogP contribution in [-0.4, -0.2) is 24.2 Å². The third-order valence-electron chi connectivity index (χ3n) is 3.46. The molecule has 0 bridgehead atoms. The molecule has 7 heteroatoms. The monoisotopic (exact) mass is 462 g/mol. The first-order valence-electron chi connectivity index (χ1n) is 8.81. The van der Waals surface area contributed by atoms with Crippen molar-refractivity contribution in [3.8, 4) is 11.5 Å². The first-order valence-corrected chi connectivity index (χ1v) is 10.0. The Morgan fingerprint density at radius 1 is 1.21 bits per heavy atom. The van der Waals surface area contributed by atoms with Gasteiger partial charge < -0.3 is 14.8 Å². The number of benzene rings is 2. The van der Waals surface area contributed by atoms with Gasteiger partial charge in [-0.25, -0.2) is 0 Å². The average Bonchev–Trinajstić information content (AvgIpc) is 2.65. The summed E-state index contributed by atoms with van der Waals surface area (Å²) in [6, 6.07) is 12.5. The number of carbonyl (C=O) groups is 1. The van der Waals surface area contributed by atoms with E-state index in [-0.39, 0.29) is 11.0 Å². The van der Waals surface area contributed by atoms with E-state index in [4.69, 9.17) is 21.7 Å². The molecule has 0 saturated carbocycles. The Kier molecular flexibility index (Phi) is 8.47. The van der Waals surface area contributed by atoms with Crippen LogP contribution < -0.4 is 20.1 Å². The molecule has 0 aromatic heterocycles. The van der Waals surface area contributed by atoms with Gasteiger partial charge in [0.25, 0.3) is 5.91 Å². The summed E-state index contributed by atoms with van der Waals surface area (Å²) < 4.78 is 11.9.